The molecule has 3 fully saturated rings. The van der Waals surface area contributed by atoms with Crippen LogP contribution in [0.15, 0.2) is 0 Å². The maximum atomic E-state index is 14.6. The van der Waals surface area contributed by atoms with Gasteiger partial charge in [-0.3, -0.25) is 38.4 Å². The maximum absolute atomic E-state index is 14.6. The molecule has 16 heteroatoms. The Morgan fingerprint density at radius 3 is 1.60 bits per heavy atom. The van der Waals surface area contributed by atoms with Crippen LogP contribution < -0.4 is 0 Å². The van der Waals surface area contributed by atoms with Gasteiger partial charge in [-0.15, -0.1) is 0 Å². The summed E-state index contributed by atoms with van der Waals surface area (Å²) in [6.07, 6.45) is -7.93. The van der Waals surface area contributed by atoms with E-state index in [1.807, 2.05) is 0 Å². The summed E-state index contributed by atoms with van der Waals surface area (Å²) in [5.41, 5.74) is -9.85. The van der Waals surface area contributed by atoms with Crippen molar-refractivity contribution < 1.29 is 76.6 Å². The highest BCUT2D eigenvalue weighted by Crippen LogP contribution is 2.69. The molecule has 10 atom stereocenters. The van der Waals surface area contributed by atoms with Crippen LogP contribution in [0, 0.1) is 17.3 Å². The molecule has 2 aliphatic carbocycles. The number of carbonyl (C=O) groups excluding carboxylic acids is 8. The van der Waals surface area contributed by atoms with Crippen molar-refractivity contribution in [1.29, 1.82) is 0 Å². The minimum atomic E-state index is -2.67. The van der Waals surface area contributed by atoms with Crippen LogP contribution in [-0.2, 0) is 71.5 Å². The van der Waals surface area contributed by atoms with Crippen LogP contribution in [-0.4, -0.2) is 107 Å². The zero-order valence-corrected chi connectivity index (χ0v) is 26.4. The van der Waals surface area contributed by atoms with Crippen LogP contribution >= 0.6 is 0 Å². The summed E-state index contributed by atoms with van der Waals surface area (Å²) in [5.74, 6) is -11.2. The van der Waals surface area contributed by atoms with Gasteiger partial charge in [-0.1, -0.05) is 0 Å². The smallest absolute Gasteiger partial charge is 0.303 e. The Morgan fingerprint density at radius 2 is 1.16 bits per heavy atom. The molecule has 10 unspecified atom stereocenters. The Labute approximate surface area is 258 Å². The minimum Gasteiger partial charge on any atom is -0.465 e. The largest absolute Gasteiger partial charge is 0.465 e. The van der Waals surface area contributed by atoms with Gasteiger partial charge in [0, 0.05) is 41.5 Å². The summed E-state index contributed by atoms with van der Waals surface area (Å²) in [7, 11) is 0. The average molecular weight is 643 g/mol. The highest BCUT2D eigenvalue weighted by molar-refractivity contribution is 5.94. The minimum absolute atomic E-state index is 0.679. The Balaban J connectivity index is 2.66. The Morgan fingerprint density at radius 1 is 0.689 bits per heavy atom. The number of Topliss-reactive ketones (excluding diaryl/α,β-unsaturated/α-hetero) is 2. The van der Waals surface area contributed by atoms with Crippen LogP contribution in [0.1, 0.15) is 62.3 Å². The predicted octanol–water partition coefficient (Wildman–Crippen LogP) is -0.478. The summed E-state index contributed by atoms with van der Waals surface area (Å²) < 4.78 is 39.7. The number of hydrogen-bond donors (Lipinski definition) is 1. The molecule has 1 heterocycles. The lowest BCUT2D eigenvalue weighted by molar-refractivity contribution is -0.364. The maximum Gasteiger partial charge on any atom is 0.303 e. The summed E-state index contributed by atoms with van der Waals surface area (Å²) in [6, 6.07) is 0. The highest BCUT2D eigenvalue weighted by Gasteiger charge is 2.91. The van der Waals surface area contributed by atoms with Crippen molar-refractivity contribution in [3.8, 4) is 0 Å². The van der Waals surface area contributed by atoms with E-state index in [-0.39, 0.29) is 0 Å². The molecule has 0 aromatic heterocycles. The van der Waals surface area contributed by atoms with Gasteiger partial charge in [-0.25, -0.2) is 0 Å². The van der Waals surface area contributed by atoms with E-state index in [0.717, 1.165) is 55.4 Å². The second-order valence-corrected chi connectivity index (χ2v) is 12.0. The van der Waals surface area contributed by atoms with Gasteiger partial charge < -0.3 is 38.3 Å². The van der Waals surface area contributed by atoms with Crippen molar-refractivity contribution in [1.82, 2.24) is 0 Å². The van der Waals surface area contributed by atoms with E-state index in [9.17, 15) is 43.5 Å². The molecular weight excluding hydrogens is 604 g/mol. The molecule has 2 saturated carbocycles. The third-order valence-corrected chi connectivity index (χ3v) is 8.66. The molecule has 250 valence electrons. The van der Waals surface area contributed by atoms with Crippen LogP contribution in [0.5, 0.6) is 0 Å². The lowest BCUT2D eigenvalue weighted by atomic mass is 9.43. The number of fused-ring (bicyclic) bond motifs is 1. The van der Waals surface area contributed by atoms with E-state index in [1.54, 1.807) is 0 Å². The van der Waals surface area contributed by atoms with Crippen LogP contribution in [0.4, 0.5) is 0 Å². The molecule has 3 rings (SSSR count). The summed E-state index contributed by atoms with van der Waals surface area (Å²) in [6.45, 7) is 7.62. The van der Waals surface area contributed by atoms with Crippen molar-refractivity contribution >= 4 is 47.4 Å². The Hall–Kier alpha value is -3.92. The first-order valence-corrected chi connectivity index (χ1v) is 14.0. The average Bonchev–Trinajstić information content (AvgIpc) is 3.09. The van der Waals surface area contributed by atoms with Crippen LogP contribution in [0.2, 0.25) is 0 Å². The second kappa shape index (κ2) is 12.1. The number of rotatable bonds is 9. The van der Waals surface area contributed by atoms with Gasteiger partial charge in [0.25, 0.3) is 0 Å². The molecular formula is C29H38O16. The van der Waals surface area contributed by atoms with Gasteiger partial charge in [-0.05, 0) is 20.8 Å². The van der Waals surface area contributed by atoms with E-state index in [0.29, 0.717) is 0 Å². The fourth-order valence-corrected chi connectivity index (χ4v) is 7.52. The third-order valence-electron chi connectivity index (χ3n) is 8.66. The molecule has 0 radical (unpaired) electrons. The van der Waals surface area contributed by atoms with Crippen LogP contribution in [0.3, 0.4) is 0 Å². The highest BCUT2D eigenvalue weighted by atomic mass is 16.6. The van der Waals surface area contributed by atoms with Gasteiger partial charge in [-0.2, -0.15) is 0 Å². The van der Waals surface area contributed by atoms with Gasteiger partial charge in [0.2, 0.25) is 0 Å². The summed E-state index contributed by atoms with van der Waals surface area (Å²) in [5, 5.41) is 12.7. The molecule has 1 N–H and O–H groups in total. The number of aliphatic hydroxyl groups is 1. The number of ketones is 2. The van der Waals surface area contributed by atoms with E-state index in [1.165, 1.54) is 6.92 Å². The molecule has 2 bridgehead atoms. The lowest BCUT2D eigenvalue weighted by Gasteiger charge is -2.66. The Kier molecular flexibility index (Phi) is 9.57. The SMILES string of the molecule is CC(=O)OCC1(C)OC23C(OC(C)=O)C1C(=O)C(OC(C)=O)C2(COC(C)=O)C(OC(C)=O)C(OC(C)=O)C(C(C)=O)C3(C)O. The number of esters is 6. The normalized spacial score (nSPS) is 38.2. The molecule has 16 nitrogen and oxygen atoms in total. The molecule has 1 aliphatic heterocycles. The quantitative estimate of drug-likeness (QED) is 0.248. The standard InChI is InChI=1S/C29H38O16/c1-12(30)19-22(41-15(4)33)25(44-18(7)36)28(11-40-14(3)32)24(43-17(6)35)21(37)20-23(42-16(5)34)29(28,27(19,9)38)45-26(20,8)10-39-13(2)31/h19-20,22-25,38H,10-11H2,1-9H3. The lowest BCUT2D eigenvalue weighted by Crippen LogP contribution is -2.87. The molecule has 1 spiro atoms. The molecule has 0 amide bonds. The molecule has 0 aromatic carbocycles. The molecule has 1 saturated heterocycles. The molecule has 45 heavy (non-hydrogen) atoms. The van der Waals surface area contributed by atoms with Gasteiger partial charge in [0.05, 0.1) is 11.8 Å². The summed E-state index contributed by atoms with van der Waals surface area (Å²) in [4.78, 5) is 103. The fourth-order valence-electron chi connectivity index (χ4n) is 7.52. The van der Waals surface area contributed by atoms with Crippen molar-refractivity contribution in [3.63, 3.8) is 0 Å². The van der Waals surface area contributed by atoms with Gasteiger partial charge in [0.1, 0.15) is 41.7 Å². The fraction of sp³-hybridized carbons (Fsp3) is 0.724. The first kappa shape index (κ1) is 35.6. The van der Waals surface area contributed by atoms with E-state index >= 15 is 0 Å². The van der Waals surface area contributed by atoms with E-state index in [4.69, 9.17) is 33.2 Å². The monoisotopic (exact) mass is 642 g/mol. The van der Waals surface area contributed by atoms with Crippen molar-refractivity contribution in [2.24, 2.45) is 17.3 Å². The van der Waals surface area contributed by atoms with Gasteiger partial charge >= 0.3 is 35.8 Å². The zero-order valence-electron chi connectivity index (χ0n) is 26.4. The van der Waals surface area contributed by atoms with Crippen molar-refractivity contribution in [3.05, 3.63) is 0 Å². The van der Waals surface area contributed by atoms with Crippen LogP contribution in [0.25, 0.3) is 0 Å². The Bertz CT molecular complexity index is 1320. The molecule has 3 aliphatic rings. The van der Waals surface area contributed by atoms with Crippen molar-refractivity contribution in [2.45, 2.75) is 104 Å². The first-order chi connectivity index (χ1) is 20.6. The third kappa shape index (κ3) is 5.58. The van der Waals surface area contributed by atoms with E-state index < -0.39 is 119 Å². The zero-order chi connectivity index (χ0) is 34.4. The van der Waals surface area contributed by atoms with Crippen molar-refractivity contribution in [2.75, 3.05) is 13.2 Å². The number of hydrogen-bond acceptors (Lipinski definition) is 16. The molecule has 0 aromatic rings. The number of carbonyl (C=O) groups is 8. The van der Waals surface area contributed by atoms with Gasteiger partial charge in [0.15, 0.2) is 29.7 Å². The van der Waals surface area contributed by atoms with E-state index in [2.05, 4.69) is 0 Å². The topological polar surface area (TPSA) is 221 Å². The summed E-state index contributed by atoms with van der Waals surface area (Å²) >= 11 is 0. The number of ether oxygens (including phenoxy) is 7. The first-order valence-electron chi connectivity index (χ1n) is 14.0. The predicted molar refractivity (Wildman–Crippen MR) is 143 cm³/mol. The second-order valence-electron chi connectivity index (χ2n) is 12.0.